The smallest absolute Gasteiger partial charge is 0.264 e. The van der Waals surface area contributed by atoms with Gasteiger partial charge in [0.25, 0.3) is 6.43 Å². The minimum atomic E-state index is -2.59. The number of anilines is 2. The van der Waals surface area contributed by atoms with Crippen LogP contribution in [0.15, 0.2) is 24.5 Å². The average Bonchev–Trinajstić information content (AvgIpc) is 3.58. The Morgan fingerprint density at radius 3 is 2.59 bits per heavy atom. The summed E-state index contributed by atoms with van der Waals surface area (Å²) >= 11 is 0. The number of halogens is 2. The molecule has 0 saturated carbocycles. The Kier molecular flexibility index (Phi) is 8.88. The van der Waals surface area contributed by atoms with Crippen LogP contribution in [0.3, 0.4) is 0 Å². The van der Waals surface area contributed by atoms with Crippen molar-refractivity contribution >= 4 is 11.5 Å². The predicted molar refractivity (Wildman–Crippen MR) is 143 cm³/mol. The monoisotopic (exact) mass is 613 g/mol. The molecule has 0 atom stereocenters. The van der Waals surface area contributed by atoms with E-state index in [1.807, 2.05) is 37.8 Å². The number of aryl methyl sites for hydroxylation is 1. The van der Waals surface area contributed by atoms with Crippen molar-refractivity contribution in [1.29, 1.82) is 0 Å². The van der Waals surface area contributed by atoms with Gasteiger partial charge in [-0.1, -0.05) is 0 Å². The van der Waals surface area contributed by atoms with E-state index in [0.717, 1.165) is 81.0 Å². The first-order chi connectivity index (χ1) is 18.4. The van der Waals surface area contributed by atoms with Crippen molar-refractivity contribution in [2.45, 2.75) is 71.0 Å². The average molecular weight is 614 g/mol. The third kappa shape index (κ3) is 5.47. The normalized spacial score (nSPS) is 18.4. The Labute approximate surface area is 253 Å². The van der Waals surface area contributed by atoms with Gasteiger partial charge in [-0.2, -0.15) is 17.2 Å². The van der Waals surface area contributed by atoms with Crippen LogP contribution in [0.4, 0.5) is 20.3 Å². The molecule has 0 N–H and O–H groups in total. The summed E-state index contributed by atoms with van der Waals surface area (Å²) < 4.78 is 38.6. The number of benzene rings is 1. The summed E-state index contributed by atoms with van der Waals surface area (Å²) in [5.74, 6) is 0.890. The van der Waals surface area contributed by atoms with Gasteiger partial charge in [0, 0.05) is 106 Å². The first-order valence-electron chi connectivity index (χ1n) is 13.7. The first kappa shape index (κ1) is 28.8. The van der Waals surface area contributed by atoms with Crippen LogP contribution in [0.2, 0.25) is 0 Å². The van der Waals surface area contributed by atoms with Crippen molar-refractivity contribution in [3.05, 3.63) is 52.3 Å². The molecule has 39 heavy (non-hydrogen) atoms. The van der Waals surface area contributed by atoms with Gasteiger partial charge in [-0.25, -0.2) is 8.78 Å². The Bertz CT molecular complexity index is 1300. The van der Waals surface area contributed by atoms with Gasteiger partial charge >= 0.3 is 0 Å². The molecule has 207 valence electrons. The second-order valence-electron chi connectivity index (χ2n) is 10.8. The van der Waals surface area contributed by atoms with Crippen LogP contribution in [0, 0.1) is 0 Å². The molecular weight excluding hydrogens is 577 g/mol. The summed E-state index contributed by atoms with van der Waals surface area (Å²) in [6.07, 6.45) is 5.51. The Hall–Kier alpha value is -1.72. The van der Waals surface area contributed by atoms with E-state index in [2.05, 4.69) is 25.1 Å². The van der Waals surface area contributed by atoms with Crippen LogP contribution in [0.5, 0.6) is 0 Å². The molecule has 1 saturated heterocycles. The Balaban J connectivity index is 0.00000308. The van der Waals surface area contributed by atoms with Crippen molar-refractivity contribution in [3.8, 4) is 11.1 Å². The largest absolute Gasteiger partial charge is 0.597 e. The van der Waals surface area contributed by atoms with Gasteiger partial charge in [-0.15, -0.1) is 0 Å². The van der Waals surface area contributed by atoms with E-state index in [1.54, 1.807) is 12.3 Å². The van der Waals surface area contributed by atoms with Crippen molar-refractivity contribution in [2.75, 3.05) is 38.3 Å². The number of hydrogen-bond donors (Lipinski definition) is 0. The summed E-state index contributed by atoms with van der Waals surface area (Å²) in [7, 11) is 1.82. The second-order valence-corrected chi connectivity index (χ2v) is 10.8. The zero-order chi connectivity index (χ0) is 26.4. The number of rotatable bonds is 6. The maximum Gasteiger partial charge on any atom is 0.264 e. The van der Waals surface area contributed by atoms with Gasteiger partial charge in [0.1, 0.15) is 0 Å². The molecule has 0 amide bonds. The van der Waals surface area contributed by atoms with E-state index in [1.165, 1.54) is 11.3 Å². The Morgan fingerprint density at radius 1 is 1.10 bits per heavy atom. The summed E-state index contributed by atoms with van der Waals surface area (Å²) in [6, 6.07) is 4.13. The number of fused-ring (bicyclic) bond motifs is 2. The summed E-state index contributed by atoms with van der Waals surface area (Å²) in [5.41, 5.74) is 10.1. The van der Waals surface area contributed by atoms with Crippen LogP contribution in [-0.4, -0.2) is 57.9 Å². The molecule has 1 fully saturated rings. The third-order valence-electron chi connectivity index (χ3n) is 8.17. The van der Waals surface area contributed by atoms with Crippen molar-refractivity contribution in [2.24, 2.45) is 0 Å². The fourth-order valence-corrected chi connectivity index (χ4v) is 6.09. The number of hydrogen-bond acceptors (Lipinski definition) is 5. The van der Waals surface area contributed by atoms with Gasteiger partial charge in [0.05, 0.1) is 12.2 Å². The topological polar surface area (TPSA) is 65.5 Å². The fraction of sp³-hybridized carbons (Fsp3) is 0.571. The van der Waals surface area contributed by atoms with E-state index < -0.39 is 6.43 Å². The van der Waals surface area contributed by atoms with Gasteiger partial charge < -0.3 is 20.1 Å². The first-order valence-corrected chi connectivity index (χ1v) is 13.7. The van der Waals surface area contributed by atoms with E-state index >= 15 is 0 Å². The van der Waals surface area contributed by atoms with E-state index in [-0.39, 0.29) is 44.3 Å². The van der Waals surface area contributed by atoms with Crippen LogP contribution in [0.25, 0.3) is 16.6 Å². The molecular formula is C28H36F2N7OY-. The minimum absolute atomic E-state index is 0. The number of nitrogens with zero attached hydrogens (tertiary/aromatic N) is 7. The molecule has 11 heteroatoms. The molecule has 1 radical (unpaired) electrons. The molecule has 0 unspecified atom stereocenters. The molecule has 3 aliphatic heterocycles. The Morgan fingerprint density at radius 2 is 1.90 bits per heavy atom. The quantitative estimate of drug-likeness (QED) is 0.343. The summed E-state index contributed by atoms with van der Waals surface area (Å²) in [4.78, 5) is 2.18. The molecule has 1 aromatic carbocycles. The van der Waals surface area contributed by atoms with E-state index in [9.17, 15) is 8.78 Å². The molecule has 5 heterocycles. The van der Waals surface area contributed by atoms with Crippen molar-refractivity contribution in [1.82, 2.24) is 24.6 Å². The van der Waals surface area contributed by atoms with Gasteiger partial charge in [0.2, 0.25) is 0 Å². The van der Waals surface area contributed by atoms with Crippen LogP contribution in [0.1, 0.15) is 74.0 Å². The molecule has 0 bridgehead atoms. The van der Waals surface area contributed by atoms with Crippen LogP contribution in [-0.2, 0) is 56.8 Å². The molecule has 3 aromatic rings. The number of ether oxygens (including phenoxy) is 1. The van der Waals surface area contributed by atoms with Gasteiger partial charge in [-0.3, -0.25) is 9.36 Å². The van der Waals surface area contributed by atoms with Gasteiger partial charge in [0.15, 0.2) is 5.82 Å². The maximum absolute atomic E-state index is 14.5. The molecule has 0 spiro atoms. The zero-order valence-electron chi connectivity index (χ0n) is 23.0. The molecule has 3 aliphatic rings. The SMILES string of the molecule is C[N-]N1CCc2c(c(N3CCCc4cc(-c5cnn(C(C)C)c5)c(C(F)F)cc43)nn2C2CCOCC2)C1.[Y]. The van der Waals surface area contributed by atoms with Crippen LogP contribution >= 0.6 is 0 Å². The summed E-state index contributed by atoms with van der Waals surface area (Å²) in [5, 5.41) is 11.7. The maximum atomic E-state index is 14.5. The second kappa shape index (κ2) is 12.0. The fourth-order valence-electron chi connectivity index (χ4n) is 6.09. The van der Waals surface area contributed by atoms with Crippen molar-refractivity contribution in [3.63, 3.8) is 0 Å². The molecule has 6 rings (SSSR count). The van der Waals surface area contributed by atoms with Crippen LogP contribution < -0.4 is 4.90 Å². The molecule has 0 aliphatic carbocycles. The zero-order valence-corrected chi connectivity index (χ0v) is 25.8. The van der Waals surface area contributed by atoms with E-state index in [0.29, 0.717) is 18.2 Å². The summed E-state index contributed by atoms with van der Waals surface area (Å²) in [6.45, 7) is 7.84. The standard InChI is InChI=1S/C28H36F2N7O.Y/c1-18(2)36-16-20(15-32-36)22-13-19-5-4-9-35(26(19)14-23(22)27(29)30)28-24-17-34(31-3)10-6-25(24)37(33-28)21-7-11-38-12-8-21;/h13-16,18,21,27H,4-12,17H2,1-3H3;/q-1;. The third-order valence-corrected chi connectivity index (χ3v) is 8.17. The number of alkyl halides is 2. The predicted octanol–water partition coefficient (Wildman–Crippen LogP) is 5.98. The van der Waals surface area contributed by atoms with E-state index in [4.69, 9.17) is 9.84 Å². The molecule has 8 nitrogen and oxygen atoms in total. The molecule has 2 aromatic heterocycles. The van der Waals surface area contributed by atoms with Gasteiger partial charge in [-0.05, 0) is 69.3 Å². The van der Waals surface area contributed by atoms with Crippen molar-refractivity contribution < 1.29 is 46.2 Å². The number of aromatic nitrogens is 4. The minimum Gasteiger partial charge on any atom is -0.597 e.